The Kier molecular flexibility index (Phi) is 3.53. The van der Waals surface area contributed by atoms with Crippen LogP contribution in [-0.2, 0) is 4.74 Å². The summed E-state index contributed by atoms with van der Waals surface area (Å²) in [5.74, 6) is -0.369. The molecule has 0 atom stereocenters. The molecule has 0 radical (unpaired) electrons. The van der Waals surface area contributed by atoms with E-state index in [1.54, 1.807) is 24.5 Å². The topological polar surface area (TPSA) is 39.2 Å². The van der Waals surface area contributed by atoms with Crippen LogP contribution in [0.4, 0.5) is 0 Å². The Labute approximate surface area is 106 Å². The van der Waals surface area contributed by atoms with Crippen LogP contribution in [0.2, 0.25) is 0 Å². The van der Waals surface area contributed by atoms with Gasteiger partial charge in [0.25, 0.3) is 0 Å². The van der Waals surface area contributed by atoms with Gasteiger partial charge in [-0.15, -0.1) is 0 Å². The summed E-state index contributed by atoms with van der Waals surface area (Å²) in [6, 6.07) is 9.36. The minimum absolute atomic E-state index is 0.369. The van der Waals surface area contributed by atoms with Crippen molar-refractivity contribution in [2.45, 2.75) is 0 Å². The summed E-state index contributed by atoms with van der Waals surface area (Å²) < 4.78 is 4.78. The van der Waals surface area contributed by atoms with Crippen molar-refractivity contribution in [2.24, 2.45) is 0 Å². The molecule has 3 nitrogen and oxygen atoms in total. The first-order valence-electron chi connectivity index (χ1n) is 5.52. The smallest absolute Gasteiger partial charge is 0.338 e. The van der Waals surface area contributed by atoms with Crippen LogP contribution >= 0.6 is 0 Å². The molecule has 0 spiro atoms. The highest BCUT2D eigenvalue weighted by molar-refractivity contribution is 5.98. The number of pyridine rings is 1. The first kappa shape index (κ1) is 12.0. The molecule has 1 aromatic heterocycles. The number of hydrogen-bond donors (Lipinski definition) is 0. The van der Waals surface area contributed by atoms with Crippen molar-refractivity contribution < 1.29 is 9.53 Å². The predicted octanol–water partition coefficient (Wildman–Crippen LogP) is 3.18. The maximum atomic E-state index is 11.7. The van der Waals surface area contributed by atoms with Gasteiger partial charge in [-0.25, -0.2) is 4.79 Å². The van der Waals surface area contributed by atoms with Crippen molar-refractivity contribution in [3.05, 3.63) is 60.4 Å². The van der Waals surface area contributed by atoms with Gasteiger partial charge in [0.1, 0.15) is 0 Å². The molecular weight excluding hydrogens is 226 g/mol. The van der Waals surface area contributed by atoms with Gasteiger partial charge in [-0.3, -0.25) is 4.98 Å². The Balaban J connectivity index is 2.64. The number of esters is 1. The van der Waals surface area contributed by atoms with Crippen LogP contribution < -0.4 is 0 Å². The molecule has 0 fully saturated rings. The molecule has 0 saturated heterocycles. The minimum atomic E-state index is -0.369. The highest BCUT2D eigenvalue weighted by atomic mass is 16.5. The van der Waals surface area contributed by atoms with Crippen molar-refractivity contribution in [1.82, 2.24) is 4.98 Å². The summed E-state index contributed by atoms with van der Waals surface area (Å²) in [7, 11) is 1.37. The third-order valence-electron chi connectivity index (χ3n) is 2.70. The molecule has 1 aromatic carbocycles. The lowest BCUT2D eigenvalue weighted by Gasteiger charge is -2.09. The Morgan fingerprint density at radius 3 is 2.78 bits per heavy atom. The molecule has 0 aliphatic heterocycles. The first-order valence-corrected chi connectivity index (χ1v) is 5.52. The van der Waals surface area contributed by atoms with E-state index in [9.17, 15) is 4.79 Å². The normalized spacial score (nSPS) is 9.83. The molecule has 3 heteroatoms. The summed E-state index contributed by atoms with van der Waals surface area (Å²) in [6.07, 6.45) is 4.99. The zero-order valence-corrected chi connectivity index (χ0v) is 10.1. The average molecular weight is 239 g/mol. The quantitative estimate of drug-likeness (QED) is 0.772. The number of nitrogens with zero attached hydrogens (tertiary/aromatic N) is 1. The summed E-state index contributed by atoms with van der Waals surface area (Å²) in [5.41, 5.74) is 3.12. The SMILES string of the molecule is C=Cc1ccccc1-c1cnccc1C(=O)OC. The van der Waals surface area contributed by atoms with Gasteiger partial charge in [-0.2, -0.15) is 0 Å². The number of benzene rings is 1. The molecule has 2 rings (SSSR count). The Morgan fingerprint density at radius 2 is 2.06 bits per heavy atom. The third kappa shape index (κ3) is 2.15. The Bertz CT molecular complexity index is 591. The van der Waals surface area contributed by atoms with E-state index >= 15 is 0 Å². The number of carbonyl (C=O) groups excluding carboxylic acids is 1. The van der Waals surface area contributed by atoms with Gasteiger partial charge in [0.05, 0.1) is 12.7 Å². The van der Waals surface area contributed by atoms with Crippen LogP contribution in [0.3, 0.4) is 0 Å². The lowest BCUT2D eigenvalue weighted by molar-refractivity contribution is 0.0601. The van der Waals surface area contributed by atoms with E-state index in [4.69, 9.17) is 4.74 Å². The number of aromatic nitrogens is 1. The van der Waals surface area contributed by atoms with Crippen molar-refractivity contribution in [2.75, 3.05) is 7.11 Å². The lowest BCUT2D eigenvalue weighted by Crippen LogP contribution is -2.04. The van der Waals surface area contributed by atoms with E-state index in [0.29, 0.717) is 5.56 Å². The largest absolute Gasteiger partial charge is 0.465 e. The van der Waals surface area contributed by atoms with E-state index in [-0.39, 0.29) is 5.97 Å². The second-order valence-electron chi connectivity index (χ2n) is 3.70. The highest BCUT2D eigenvalue weighted by Crippen LogP contribution is 2.27. The van der Waals surface area contributed by atoms with Crippen molar-refractivity contribution in [1.29, 1.82) is 0 Å². The average Bonchev–Trinajstić information content (AvgIpc) is 2.46. The van der Waals surface area contributed by atoms with Crippen molar-refractivity contribution >= 4 is 12.0 Å². The third-order valence-corrected chi connectivity index (χ3v) is 2.70. The molecule has 90 valence electrons. The van der Waals surface area contributed by atoms with Gasteiger partial charge in [0.15, 0.2) is 0 Å². The van der Waals surface area contributed by atoms with E-state index < -0.39 is 0 Å². The van der Waals surface area contributed by atoms with Gasteiger partial charge in [0.2, 0.25) is 0 Å². The maximum Gasteiger partial charge on any atom is 0.338 e. The summed E-state index contributed by atoms with van der Waals surface area (Å²) in [4.78, 5) is 15.8. The maximum absolute atomic E-state index is 11.7. The molecule has 18 heavy (non-hydrogen) atoms. The van der Waals surface area contributed by atoms with E-state index in [0.717, 1.165) is 16.7 Å². The molecular formula is C15H13NO2. The van der Waals surface area contributed by atoms with Gasteiger partial charge in [-0.1, -0.05) is 36.9 Å². The second kappa shape index (κ2) is 5.27. The number of methoxy groups -OCH3 is 1. The van der Waals surface area contributed by atoms with E-state index in [2.05, 4.69) is 11.6 Å². The number of hydrogen-bond acceptors (Lipinski definition) is 3. The zero-order valence-electron chi connectivity index (χ0n) is 10.1. The first-order chi connectivity index (χ1) is 8.77. The zero-order chi connectivity index (χ0) is 13.0. The van der Waals surface area contributed by atoms with Gasteiger partial charge in [-0.05, 0) is 17.2 Å². The van der Waals surface area contributed by atoms with Gasteiger partial charge in [0, 0.05) is 18.0 Å². The van der Waals surface area contributed by atoms with E-state index in [1.165, 1.54) is 7.11 Å². The number of carbonyl (C=O) groups is 1. The standard InChI is InChI=1S/C15H13NO2/c1-3-11-6-4-5-7-12(11)14-10-16-9-8-13(14)15(17)18-2/h3-10H,1H2,2H3. The number of ether oxygens (including phenoxy) is 1. The summed E-state index contributed by atoms with van der Waals surface area (Å²) in [5, 5.41) is 0. The molecule has 0 bridgehead atoms. The van der Waals surface area contributed by atoms with Crippen LogP contribution in [0.1, 0.15) is 15.9 Å². The lowest BCUT2D eigenvalue weighted by atomic mass is 9.97. The van der Waals surface area contributed by atoms with Gasteiger partial charge >= 0.3 is 5.97 Å². The predicted molar refractivity (Wildman–Crippen MR) is 71.1 cm³/mol. The van der Waals surface area contributed by atoms with Crippen LogP contribution in [0.25, 0.3) is 17.2 Å². The van der Waals surface area contributed by atoms with E-state index in [1.807, 2.05) is 24.3 Å². The molecule has 0 unspecified atom stereocenters. The fraction of sp³-hybridized carbons (Fsp3) is 0.0667. The Morgan fingerprint density at radius 1 is 1.28 bits per heavy atom. The van der Waals surface area contributed by atoms with Crippen LogP contribution in [0.5, 0.6) is 0 Å². The Hall–Kier alpha value is -2.42. The number of rotatable bonds is 3. The van der Waals surface area contributed by atoms with Crippen molar-refractivity contribution in [3.63, 3.8) is 0 Å². The summed E-state index contributed by atoms with van der Waals surface area (Å²) >= 11 is 0. The molecule has 0 aliphatic rings. The van der Waals surface area contributed by atoms with Crippen LogP contribution in [-0.4, -0.2) is 18.1 Å². The minimum Gasteiger partial charge on any atom is -0.465 e. The fourth-order valence-electron chi connectivity index (χ4n) is 1.82. The van der Waals surface area contributed by atoms with Crippen molar-refractivity contribution in [3.8, 4) is 11.1 Å². The molecule has 0 aliphatic carbocycles. The molecule has 0 N–H and O–H groups in total. The molecule has 0 amide bonds. The monoisotopic (exact) mass is 239 g/mol. The molecule has 1 heterocycles. The van der Waals surface area contributed by atoms with Gasteiger partial charge < -0.3 is 4.74 Å². The fourth-order valence-corrected chi connectivity index (χ4v) is 1.82. The van der Waals surface area contributed by atoms with Crippen LogP contribution in [0.15, 0.2) is 49.3 Å². The van der Waals surface area contributed by atoms with Crippen LogP contribution in [0, 0.1) is 0 Å². The molecule has 2 aromatic rings. The molecule has 0 saturated carbocycles. The highest BCUT2D eigenvalue weighted by Gasteiger charge is 2.14. The second-order valence-corrected chi connectivity index (χ2v) is 3.70. The summed E-state index contributed by atoms with van der Waals surface area (Å²) in [6.45, 7) is 3.78.